The molecule has 2 unspecified atom stereocenters. The van der Waals surface area contributed by atoms with Gasteiger partial charge in [0.25, 0.3) is 0 Å². The molecular weight excluding hydrogens is 404 g/mol. The standard InChI is InChI=1S/C26H30N2O4/c1-4-31-25(29)21-17(3)27-24(28-15-8-9-16-28)23(26(30)32-5-2)22(21)20-14-10-12-18-11-6-7-13-19(18)20/h6-7,10-14,21-22H,4-5,8-9,15-16H2,1-3H3. The maximum Gasteiger partial charge on any atom is 0.338 e. The first-order valence-corrected chi connectivity index (χ1v) is 11.4. The quantitative estimate of drug-likeness (QED) is 0.629. The summed E-state index contributed by atoms with van der Waals surface area (Å²) in [6.07, 6.45) is 2.10. The minimum Gasteiger partial charge on any atom is -0.465 e. The number of carbonyl (C=O) groups is 2. The lowest BCUT2D eigenvalue weighted by Gasteiger charge is -2.35. The Morgan fingerprint density at radius 2 is 1.69 bits per heavy atom. The Morgan fingerprint density at radius 3 is 2.41 bits per heavy atom. The second-order valence-electron chi connectivity index (χ2n) is 8.18. The average molecular weight is 435 g/mol. The molecule has 0 amide bonds. The minimum absolute atomic E-state index is 0.255. The van der Waals surface area contributed by atoms with Gasteiger partial charge in [-0.2, -0.15) is 0 Å². The zero-order valence-electron chi connectivity index (χ0n) is 19.0. The van der Waals surface area contributed by atoms with Gasteiger partial charge in [-0.3, -0.25) is 4.79 Å². The Kier molecular flexibility index (Phi) is 6.58. The summed E-state index contributed by atoms with van der Waals surface area (Å²) in [5.41, 5.74) is 2.03. The van der Waals surface area contributed by atoms with E-state index in [4.69, 9.17) is 14.5 Å². The van der Waals surface area contributed by atoms with Gasteiger partial charge in [0.2, 0.25) is 0 Å². The number of hydrogen-bond acceptors (Lipinski definition) is 6. The number of ether oxygens (including phenoxy) is 2. The number of carbonyl (C=O) groups excluding carboxylic acids is 2. The fourth-order valence-corrected chi connectivity index (χ4v) is 4.84. The molecule has 1 saturated heterocycles. The molecular formula is C26H30N2O4. The fourth-order valence-electron chi connectivity index (χ4n) is 4.84. The van der Waals surface area contributed by atoms with E-state index >= 15 is 0 Å². The van der Waals surface area contributed by atoms with E-state index in [0.717, 1.165) is 42.3 Å². The van der Waals surface area contributed by atoms with Crippen LogP contribution in [-0.2, 0) is 19.1 Å². The Morgan fingerprint density at radius 1 is 1.00 bits per heavy atom. The van der Waals surface area contributed by atoms with E-state index in [2.05, 4.69) is 4.90 Å². The summed E-state index contributed by atoms with van der Waals surface area (Å²) < 4.78 is 11.0. The molecule has 32 heavy (non-hydrogen) atoms. The van der Waals surface area contributed by atoms with Crippen LogP contribution in [0.4, 0.5) is 0 Å². The van der Waals surface area contributed by atoms with Crippen molar-refractivity contribution in [1.82, 2.24) is 4.90 Å². The lowest BCUT2D eigenvalue weighted by molar-refractivity contribution is -0.146. The number of likely N-dealkylation sites (tertiary alicyclic amines) is 1. The minimum atomic E-state index is -0.688. The molecule has 2 aliphatic rings. The van der Waals surface area contributed by atoms with E-state index in [0.29, 0.717) is 17.1 Å². The molecule has 168 valence electrons. The van der Waals surface area contributed by atoms with Crippen molar-refractivity contribution in [3.05, 3.63) is 59.4 Å². The van der Waals surface area contributed by atoms with Crippen LogP contribution < -0.4 is 0 Å². The van der Waals surface area contributed by atoms with Gasteiger partial charge >= 0.3 is 11.9 Å². The van der Waals surface area contributed by atoms with Gasteiger partial charge in [-0.1, -0.05) is 42.5 Å². The third-order valence-electron chi connectivity index (χ3n) is 6.22. The van der Waals surface area contributed by atoms with E-state index < -0.39 is 17.8 Å². The van der Waals surface area contributed by atoms with Crippen molar-refractivity contribution >= 4 is 28.4 Å². The predicted octanol–water partition coefficient (Wildman–Crippen LogP) is 4.45. The maximum absolute atomic E-state index is 13.4. The molecule has 1 fully saturated rings. The van der Waals surface area contributed by atoms with Gasteiger partial charge in [0, 0.05) is 24.7 Å². The summed E-state index contributed by atoms with van der Waals surface area (Å²) in [4.78, 5) is 33.5. The van der Waals surface area contributed by atoms with E-state index in [1.165, 1.54) is 0 Å². The molecule has 0 N–H and O–H groups in total. The summed E-state index contributed by atoms with van der Waals surface area (Å²) in [6, 6.07) is 14.0. The molecule has 0 saturated carbocycles. The largest absolute Gasteiger partial charge is 0.465 e. The normalized spacial score (nSPS) is 21.0. The van der Waals surface area contributed by atoms with Crippen molar-refractivity contribution in [1.29, 1.82) is 0 Å². The van der Waals surface area contributed by atoms with Gasteiger partial charge in [0.15, 0.2) is 0 Å². The van der Waals surface area contributed by atoms with Gasteiger partial charge in [-0.25, -0.2) is 9.79 Å². The average Bonchev–Trinajstić information content (AvgIpc) is 3.33. The van der Waals surface area contributed by atoms with E-state index in [-0.39, 0.29) is 19.2 Å². The third-order valence-corrected chi connectivity index (χ3v) is 6.22. The molecule has 2 heterocycles. The molecule has 0 radical (unpaired) electrons. The molecule has 2 aliphatic heterocycles. The van der Waals surface area contributed by atoms with Crippen molar-refractivity contribution in [3.8, 4) is 0 Å². The highest BCUT2D eigenvalue weighted by atomic mass is 16.5. The Bertz CT molecular complexity index is 1080. The smallest absolute Gasteiger partial charge is 0.338 e. The third kappa shape index (κ3) is 4.01. The van der Waals surface area contributed by atoms with Crippen molar-refractivity contribution in [2.75, 3.05) is 26.3 Å². The fraction of sp³-hybridized carbons (Fsp3) is 0.423. The first kappa shape index (κ1) is 22.1. The summed E-state index contributed by atoms with van der Waals surface area (Å²) >= 11 is 0. The van der Waals surface area contributed by atoms with Gasteiger partial charge in [-0.05, 0) is 49.9 Å². The second-order valence-corrected chi connectivity index (χ2v) is 8.18. The van der Waals surface area contributed by atoms with Crippen LogP contribution in [-0.4, -0.2) is 48.9 Å². The topological polar surface area (TPSA) is 68.2 Å². The predicted molar refractivity (Wildman–Crippen MR) is 124 cm³/mol. The first-order chi connectivity index (χ1) is 15.6. The first-order valence-electron chi connectivity index (χ1n) is 11.4. The molecule has 2 aromatic carbocycles. The van der Waals surface area contributed by atoms with E-state index in [1.54, 1.807) is 13.8 Å². The number of hydrogen-bond donors (Lipinski definition) is 0. The van der Waals surface area contributed by atoms with Crippen LogP contribution in [0.5, 0.6) is 0 Å². The Labute approximate surface area is 188 Å². The monoisotopic (exact) mass is 434 g/mol. The van der Waals surface area contributed by atoms with Crippen LogP contribution >= 0.6 is 0 Å². The summed E-state index contributed by atoms with van der Waals surface area (Å²) in [5.74, 6) is -1.37. The molecule has 4 rings (SSSR count). The molecule has 6 heteroatoms. The van der Waals surface area contributed by atoms with Gasteiger partial charge < -0.3 is 14.4 Å². The molecule has 2 atom stereocenters. The molecule has 0 spiro atoms. The highest BCUT2D eigenvalue weighted by molar-refractivity contribution is 6.08. The highest BCUT2D eigenvalue weighted by Crippen LogP contribution is 2.43. The van der Waals surface area contributed by atoms with Crippen molar-refractivity contribution in [3.63, 3.8) is 0 Å². The highest BCUT2D eigenvalue weighted by Gasteiger charge is 2.45. The Balaban J connectivity index is 1.98. The molecule has 0 bridgehead atoms. The molecule has 2 aromatic rings. The van der Waals surface area contributed by atoms with Crippen LogP contribution in [0.15, 0.2) is 58.9 Å². The van der Waals surface area contributed by atoms with Gasteiger partial charge in [-0.15, -0.1) is 0 Å². The van der Waals surface area contributed by atoms with Gasteiger partial charge in [0.05, 0.1) is 18.8 Å². The van der Waals surface area contributed by atoms with Gasteiger partial charge in [0.1, 0.15) is 11.7 Å². The number of esters is 2. The molecule has 0 aromatic heterocycles. The van der Waals surface area contributed by atoms with Crippen LogP contribution in [0.2, 0.25) is 0 Å². The summed E-state index contributed by atoms with van der Waals surface area (Å²) in [5, 5.41) is 2.06. The van der Waals surface area contributed by atoms with Crippen LogP contribution in [0, 0.1) is 5.92 Å². The van der Waals surface area contributed by atoms with Crippen LogP contribution in [0.3, 0.4) is 0 Å². The maximum atomic E-state index is 13.4. The number of aliphatic imine (C=N–C) groups is 1. The summed E-state index contributed by atoms with van der Waals surface area (Å²) in [6.45, 7) is 7.63. The Hall–Kier alpha value is -3.15. The molecule has 0 aliphatic carbocycles. The van der Waals surface area contributed by atoms with Crippen LogP contribution in [0.25, 0.3) is 10.8 Å². The number of benzene rings is 2. The number of rotatable bonds is 6. The molecule has 6 nitrogen and oxygen atoms in total. The number of fused-ring (bicyclic) bond motifs is 1. The van der Waals surface area contributed by atoms with Crippen molar-refractivity contribution < 1.29 is 19.1 Å². The number of nitrogens with zero attached hydrogens (tertiary/aromatic N) is 2. The van der Waals surface area contributed by atoms with Crippen molar-refractivity contribution in [2.45, 2.75) is 39.5 Å². The second kappa shape index (κ2) is 9.55. The lowest BCUT2D eigenvalue weighted by Crippen LogP contribution is -2.39. The van der Waals surface area contributed by atoms with E-state index in [9.17, 15) is 9.59 Å². The summed E-state index contributed by atoms with van der Waals surface area (Å²) in [7, 11) is 0. The zero-order valence-corrected chi connectivity index (χ0v) is 19.0. The lowest BCUT2D eigenvalue weighted by atomic mass is 9.74. The van der Waals surface area contributed by atoms with E-state index in [1.807, 2.05) is 49.4 Å². The zero-order chi connectivity index (χ0) is 22.7. The van der Waals surface area contributed by atoms with Crippen LogP contribution in [0.1, 0.15) is 45.1 Å². The SMILES string of the molecule is CCOC(=O)C1=C(N2CCCC2)N=C(C)C(C(=O)OCC)C1c1cccc2ccccc12. The van der Waals surface area contributed by atoms with Crippen molar-refractivity contribution in [2.24, 2.45) is 10.9 Å².